The van der Waals surface area contributed by atoms with Crippen LogP contribution in [0.25, 0.3) is 11.4 Å². The number of aromatic nitrogens is 3. The van der Waals surface area contributed by atoms with E-state index in [1.807, 2.05) is 24.6 Å². The van der Waals surface area contributed by atoms with Crippen molar-refractivity contribution < 1.29 is 9.21 Å². The number of anilines is 1. The summed E-state index contributed by atoms with van der Waals surface area (Å²) >= 11 is 1.31. The highest BCUT2D eigenvalue weighted by atomic mass is 32.2. The molecule has 8 heteroatoms. The molecular formula is C18H17N5O2S. The van der Waals surface area contributed by atoms with Crippen molar-refractivity contribution in [3.63, 3.8) is 0 Å². The summed E-state index contributed by atoms with van der Waals surface area (Å²) < 4.78 is 7.15. The van der Waals surface area contributed by atoms with Gasteiger partial charge in [-0.05, 0) is 38.1 Å². The molecule has 132 valence electrons. The van der Waals surface area contributed by atoms with E-state index in [4.69, 9.17) is 9.68 Å². The summed E-state index contributed by atoms with van der Waals surface area (Å²) in [5, 5.41) is 20.4. The number of nitrogens with zero attached hydrogens (tertiary/aromatic N) is 4. The van der Waals surface area contributed by atoms with Crippen molar-refractivity contribution in [3.05, 3.63) is 47.9 Å². The zero-order valence-electron chi connectivity index (χ0n) is 14.6. The third-order valence-electron chi connectivity index (χ3n) is 3.85. The van der Waals surface area contributed by atoms with Crippen molar-refractivity contribution in [2.24, 2.45) is 7.05 Å². The first-order chi connectivity index (χ1) is 12.5. The SMILES string of the molecule is Cc1occc1-c1nnc(SC(C)C(=O)Nc2cccc(C#N)c2)n1C. The van der Waals surface area contributed by atoms with Crippen LogP contribution in [0.5, 0.6) is 0 Å². The van der Waals surface area contributed by atoms with Gasteiger partial charge >= 0.3 is 0 Å². The molecule has 0 aliphatic rings. The van der Waals surface area contributed by atoms with Crippen molar-refractivity contribution in [2.45, 2.75) is 24.3 Å². The van der Waals surface area contributed by atoms with Gasteiger partial charge in [-0.15, -0.1) is 10.2 Å². The minimum atomic E-state index is -0.387. The number of thioether (sulfide) groups is 1. The average Bonchev–Trinajstić information content (AvgIpc) is 3.21. The van der Waals surface area contributed by atoms with Gasteiger partial charge in [-0.2, -0.15) is 5.26 Å². The van der Waals surface area contributed by atoms with Crippen LogP contribution in [-0.4, -0.2) is 25.9 Å². The molecule has 3 rings (SSSR count). The van der Waals surface area contributed by atoms with E-state index < -0.39 is 0 Å². The molecule has 0 aliphatic carbocycles. The first-order valence-electron chi connectivity index (χ1n) is 7.91. The summed E-state index contributed by atoms with van der Waals surface area (Å²) in [4.78, 5) is 12.4. The summed E-state index contributed by atoms with van der Waals surface area (Å²) in [5.74, 6) is 1.28. The van der Waals surface area contributed by atoms with Gasteiger partial charge in [0.2, 0.25) is 5.91 Å². The molecule has 1 aromatic carbocycles. The van der Waals surface area contributed by atoms with Crippen LogP contribution >= 0.6 is 11.8 Å². The Bertz CT molecular complexity index is 986. The van der Waals surface area contributed by atoms with Gasteiger partial charge in [0, 0.05) is 12.7 Å². The maximum absolute atomic E-state index is 12.4. The van der Waals surface area contributed by atoms with Crippen LogP contribution in [0.15, 0.2) is 46.2 Å². The minimum Gasteiger partial charge on any atom is -0.469 e. The Morgan fingerprint density at radius 1 is 1.38 bits per heavy atom. The molecule has 26 heavy (non-hydrogen) atoms. The Labute approximate surface area is 155 Å². The summed E-state index contributed by atoms with van der Waals surface area (Å²) in [7, 11) is 1.85. The van der Waals surface area contributed by atoms with E-state index in [0.717, 1.165) is 11.3 Å². The van der Waals surface area contributed by atoms with Gasteiger partial charge in [0.15, 0.2) is 11.0 Å². The molecule has 1 atom stereocenters. The summed E-state index contributed by atoms with van der Waals surface area (Å²) in [5.41, 5.74) is 1.96. The number of furan rings is 1. The van der Waals surface area contributed by atoms with Crippen LogP contribution in [0.2, 0.25) is 0 Å². The smallest absolute Gasteiger partial charge is 0.237 e. The summed E-state index contributed by atoms with van der Waals surface area (Å²) in [6.45, 7) is 3.66. The number of carbonyl (C=O) groups excluding carboxylic acids is 1. The van der Waals surface area contributed by atoms with Gasteiger partial charge < -0.3 is 14.3 Å². The lowest BCUT2D eigenvalue weighted by molar-refractivity contribution is -0.115. The molecule has 0 saturated heterocycles. The maximum Gasteiger partial charge on any atom is 0.237 e. The quantitative estimate of drug-likeness (QED) is 0.695. The van der Waals surface area contributed by atoms with E-state index in [-0.39, 0.29) is 11.2 Å². The lowest BCUT2D eigenvalue weighted by Crippen LogP contribution is -2.22. The van der Waals surface area contributed by atoms with Crippen LogP contribution in [0.1, 0.15) is 18.2 Å². The molecule has 0 spiro atoms. The number of aryl methyl sites for hydroxylation is 1. The highest BCUT2D eigenvalue weighted by Gasteiger charge is 2.20. The topological polar surface area (TPSA) is 96.7 Å². The van der Waals surface area contributed by atoms with Crippen molar-refractivity contribution in [2.75, 3.05) is 5.32 Å². The van der Waals surface area contributed by atoms with E-state index in [9.17, 15) is 4.79 Å². The van der Waals surface area contributed by atoms with E-state index in [1.54, 1.807) is 37.5 Å². The van der Waals surface area contributed by atoms with E-state index >= 15 is 0 Å². The van der Waals surface area contributed by atoms with Crippen molar-refractivity contribution in [1.82, 2.24) is 14.8 Å². The minimum absolute atomic E-state index is 0.172. The van der Waals surface area contributed by atoms with Gasteiger partial charge in [-0.25, -0.2) is 0 Å². The first-order valence-corrected chi connectivity index (χ1v) is 8.79. The lowest BCUT2D eigenvalue weighted by atomic mass is 10.2. The van der Waals surface area contributed by atoms with E-state index in [0.29, 0.717) is 22.2 Å². The van der Waals surface area contributed by atoms with Crippen LogP contribution in [-0.2, 0) is 11.8 Å². The Balaban J connectivity index is 1.71. The highest BCUT2D eigenvalue weighted by molar-refractivity contribution is 8.00. The second kappa shape index (κ2) is 7.45. The van der Waals surface area contributed by atoms with E-state index in [2.05, 4.69) is 21.6 Å². The molecule has 1 unspecified atom stereocenters. The average molecular weight is 367 g/mol. The second-order valence-electron chi connectivity index (χ2n) is 5.70. The molecule has 2 aromatic heterocycles. The fraction of sp³-hybridized carbons (Fsp3) is 0.222. The highest BCUT2D eigenvalue weighted by Crippen LogP contribution is 2.28. The number of benzene rings is 1. The molecule has 0 radical (unpaired) electrons. The number of amides is 1. The predicted octanol–water partition coefficient (Wildman–Crippen LogP) is 3.37. The van der Waals surface area contributed by atoms with Crippen LogP contribution in [0.3, 0.4) is 0 Å². The van der Waals surface area contributed by atoms with Crippen LogP contribution in [0.4, 0.5) is 5.69 Å². The Hall–Kier alpha value is -3.05. The van der Waals surface area contributed by atoms with Crippen molar-refractivity contribution >= 4 is 23.4 Å². The Morgan fingerprint density at radius 3 is 2.88 bits per heavy atom. The lowest BCUT2D eigenvalue weighted by Gasteiger charge is -2.11. The third-order valence-corrected chi connectivity index (χ3v) is 4.98. The van der Waals surface area contributed by atoms with Crippen LogP contribution < -0.4 is 5.32 Å². The molecule has 0 aliphatic heterocycles. The predicted molar refractivity (Wildman–Crippen MR) is 98.5 cm³/mol. The molecule has 0 fully saturated rings. The molecule has 1 N–H and O–H groups in total. The van der Waals surface area contributed by atoms with Gasteiger partial charge in [0.1, 0.15) is 5.76 Å². The number of nitrogens with one attached hydrogen (secondary N) is 1. The van der Waals surface area contributed by atoms with Gasteiger partial charge in [-0.1, -0.05) is 17.8 Å². The van der Waals surface area contributed by atoms with Crippen LogP contribution in [0, 0.1) is 18.3 Å². The third kappa shape index (κ3) is 3.63. The largest absolute Gasteiger partial charge is 0.469 e. The standard InChI is InChI=1S/C18H17N5O2S/c1-11-15(7-8-25-11)16-21-22-18(23(16)3)26-12(2)17(24)20-14-6-4-5-13(9-14)10-19/h4-9,12H,1-3H3,(H,20,24). The number of hydrogen-bond acceptors (Lipinski definition) is 6. The van der Waals surface area contributed by atoms with Gasteiger partial charge in [-0.3, -0.25) is 4.79 Å². The Morgan fingerprint density at radius 2 is 2.19 bits per heavy atom. The molecule has 1 amide bonds. The molecule has 0 saturated carbocycles. The molecule has 0 bridgehead atoms. The van der Waals surface area contributed by atoms with E-state index in [1.165, 1.54) is 11.8 Å². The molecular weight excluding hydrogens is 350 g/mol. The number of hydrogen-bond donors (Lipinski definition) is 1. The molecule has 3 aromatic rings. The van der Waals surface area contributed by atoms with Gasteiger partial charge in [0.25, 0.3) is 0 Å². The Kier molecular flexibility index (Phi) is 5.09. The number of carbonyl (C=O) groups is 1. The maximum atomic E-state index is 12.4. The zero-order chi connectivity index (χ0) is 18.7. The second-order valence-corrected chi connectivity index (χ2v) is 7.01. The monoisotopic (exact) mass is 367 g/mol. The first kappa shape index (κ1) is 17.8. The normalized spacial score (nSPS) is 11.8. The summed E-state index contributed by atoms with van der Waals surface area (Å²) in [6.07, 6.45) is 1.61. The molecule has 2 heterocycles. The fourth-order valence-electron chi connectivity index (χ4n) is 2.39. The van der Waals surface area contributed by atoms with Gasteiger partial charge in [0.05, 0.1) is 28.7 Å². The fourth-order valence-corrected chi connectivity index (χ4v) is 3.21. The van der Waals surface area contributed by atoms with Crippen molar-refractivity contribution in [1.29, 1.82) is 5.26 Å². The van der Waals surface area contributed by atoms with Crippen molar-refractivity contribution in [3.8, 4) is 17.5 Å². The summed E-state index contributed by atoms with van der Waals surface area (Å²) in [6, 6.07) is 10.7. The number of nitriles is 1. The number of rotatable bonds is 5. The molecule has 7 nitrogen and oxygen atoms in total. The zero-order valence-corrected chi connectivity index (χ0v) is 15.4.